The molecule has 0 saturated heterocycles. The summed E-state index contributed by atoms with van der Waals surface area (Å²) in [5.41, 5.74) is 6.40. The Morgan fingerprint density at radius 1 is 0.793 bits per heavy atom. The fraction of sp³-hybridized carbons (Fsp3) is 0.130. The molecule has 0 saturated carbocycles. The summed E-state index contributed by atoms with van der Waals surface area (Å²) in [7, 11) is -3.22. The molecule has 4 nitrogen and oxygen atoms in total. The zero-order valence-corrected chi connectivity index (χ0v) is 18.0. The smallest absolute Gasteiger partial charge is 0.175 e. The largest absolute Gasteiger partial charge is 0.265 e. The number of nitrogens with zero attached hydrogens (tertiary/aromatic N) is 2. The number of benzene rings is 2. The maximum atomic E-state index is 11.7. The Kier molecular flexibility index (Phi) is 5.06. The molecule has 29 heavy (non-hydrogen) atoms. The van der Waals surface area contributed by atoms with Crippen molar-refractivity contribution in [3.05, 3.63) is 78.1 Å². The van der Waals surface area contributed by atoms with Gasteiger partial charge in [-0.2, -0.15) is 0 Å². The van der Waals surface area contributed by atoms with Crippen LogP contribution in [0.4, 0.5) is 0 Å². The molecule has 146 valence electrons. The molecule has 0 fully saturated rings. The Labute approximate surface area is 174 Å². The lowest BCUT2D eigenvalue weighted by atomic mass is 10.0. The second kappa shape index (κ2) is 7.54. The molecule has 0 unspecified atom stereocenters. The molecule has 2 aromatic heterocycles. The van der Waals surface area contributed by atoms with Crippen LogP contribution in [0.1, 0.15) is 11.1 Å². The van der Waals surface area contributed by atoms with Crippen molar-refractivity contribution >= 4 is 21.2 Å². The summed E-state index contributed by atoms with van der Waals surface area (Å²) in [6.45, 7) is 4.20. The molecule has 0 spiro atoms. The summed E-state index contributed by atoms with van der Waals surface area (Å²) in [5, 5.41) is 0.852. The van der Waals surface area contributed by atoms with E-state index in [0.717, 1.165) is 32.3 Å². The van der Waals surface area contributed by atoms with Gasteiger partial charge >= 0.3 is 0 Å². The van der Waals surface area contributed by atoms with E-state index < -0.39 is 9.84 Å². The molecule has 6 heteroatoms. The minimum atomic E-state index is -3.22. The lowest BCUT2D eigenvalue weighted by molar-refractivity contribution is 0.602. The molecular formula is C23H20N2O2S2. The molecule has 0 radical (unpaired) electrons. The van der Waals surface area contributed by atoms with Crippen LogP contribution in [-0.2, 0) is 9.84 Å². The Bertz CT molecular complexity index is 1280. The number of hydrogen-bond acceptors (Lipinski definition) is 5. The molecule has 0 atom stereocenters. The monoisotopic (exact) mass is 420 g/mol. The van der Waals surface area contributed by atoms with E-state index >= 15 is 0 Å². The van der Waals surface area contributed by atoms with E-state index in [0.29, 0.717) is 4.90 Å². The first-order valence-corrected chi connectivity index (χ1v) is 11.8. The van der Waals surface area contributed by atoms with Crippen molar-refractivity contribution in [2.45, 2.75) is 18.7 Å². The lowest BCUT2D eigenvalue weighted by Gasteiger charge is -2.05. The molecule has 0 aliphatic heterocycles. The van der Waals surface area contributed by atoms with E-state index in [1.54, 1.807) is 35.9 Å². The van der Waals surface area contributed by atoms with E-state index in [-0.39, 0.29) is 0 Å². The van der Waals surface area contributed by atoms with Gasteiger partial charge < -0.3 is 0 Å². The van der Waals surface area contributed by atoms with Gasteiger partial charge in [-0.25, -0.2) is 13.4 Å². The Morgan fingerprint density at radius 2 is 1.45 bits per heavy atom. The van der Waals surface area contributed by atoms with E-state index in [1.807, 2.05) is 24.3 Å². The van der Waals surface area contributed by atoms with Crippen LogP contribution in [-0.4, -0.2) is 24.6 Å². The van der Waals surface area contributed by atoms with Crippen molar-refractivity contribution in [3.8, 4) is 32.3 Å². The zero-order valence-electron chi connectivity index (χ0n) is 16.4. The van der Waals surface area contributed by atoms with Crippen LogP contribution in [0, 0.1) is 13.8 Å². The molecule has 0 bridgehead atoms. The standard InChI is InChI=1S/C23H20N2O2S2/c1-15-4-5-19(14-16(15)2)21-22(17-10-12-24-13-11-17)28-23(25-21)18-6-8-20(9-7-18)29(3,26)27/h4-14H,1-3H3. The van der Waals surface area contributed by atoms with E-state index in [2.05, 4.69) is 37.0 Å². The first kappa shape index (κ1) is 19.5. The number of aromatic nitrogens is 2. The minimum Gasteiger partial charge on any atom is -0.265 e. The molecule has 0 aliphatic rings. The van der Waals surface area contributed by atoms with Crippen molar-refractivity contribution in [2.75, 3.05) is 6.26 Å². The number of hydrogen-bond donors (Lipinski definition) is 0. The predicted octanol–water partition coefficient (Wildman–Crippen LogP) is 5.56. The summed E-state index contributed by atoms with van der Waals surface area (Å²) in [6.07, 6.45) is 4.77. The highest BCUT2D eigenvalue weighted by atomic mass is 32.2. The van der Waals surface area contributed by atoms with Gasteiger partial charge in [0.15, 0.2) is 9.84 Å². The number of thiazole rings is 1. The Hall–Kier alpha value is -2.83. The number of pyridine rings is 1. The fourth-order valence-electron chi connectivity index (χ4n) is 3.07. The van der Waals surface area contributed by atoms with Gasteiger partial charge in [-0.3, -0.25) is 4.98 Å². The van der Waals surface area contributed by atoms with Gasteiger partial charge in [0.05, 0.1) is 15.5 Å². The summed E-state index contributed by atoms with van der Waals surface area (Å²) in [6, 6.07) is 17.2. The topological polar surface area (TPSA) is 59.9 Å². The molecule has 0 amide bonds. The lowest BCUT2D eigenvalue weighted by Crippen LogP contribution is -1.96. The van der Waals surface area contributed by atoms with Crippen molar-refractivity contribution in [2.24, 2.45) is 0 Å². The van der Waals surface area contributed by atoms with Gasteiger partial charge in [-0.05, 0) is 60.9 Å². The highest BCUT2D eigenvalue weighted by Gasteiger charge is 2.17. The molecule has 2 heterocycles. The van der Waals surface area contributed by atoms with Crippen LogP contribution in [0.25, 0.3) is 32.3 Å². The summed E-state index contributed by atoms with van der Waals surface area (Å²) in [4.78, 5) is 10.4. The summed E-state index contributed by atoms with van der Waals surface area (Å²) >= 11 is 1.60. The van der Waals surface area contributed by atoms with Gasteiger partial charge in [0.2, 0.25) is 0 Å². The van der Waals surface area contributed by atoms with E-state index in [1.165, 1.54) is 17.4 Å². The second-order valence-electron chi connectivity index (χ2n) is 7.03. The Morgan fingerprint density at radius 3 is 2.07 bits per heavy atom. The van der Waals surface area contributed by atoms with E-state index in [4.69, 9.17) is 4.98 Å². The third kappa shape index (κ3) is 3.99. The van der Waals surface area contributed by atoms with Crippen molar-refractivity contribution in [1.29, 1.82) is 0 Å². The third-order valence-corrected chi connectivity index (χ3v) is 7.16. The predicted molar refractivity (Wildman–Crippen MR) is 119 cm³/mol. The van der Waals surface area contributed by atoms with E-state index in [9.17, 15) is 8.42 Å². The van der Waals surface area contributed by atoms with Crippen LogP contribution < -0.4 is 0 Å². The van der Waals surface area contributed by atoms with Crippen molar-refractivity contribution < 1.29 is 8.42 Å². The van der Waals surface area contributed by atoms with Crippen LogP contribution in [0.15, 0.2) is 71.9 Å². The molecule has 4 aromatic rings. The maximum absolute atomic E-state index is 11.7. The van der Waals surface area contributed by atoms with Crippen LogP contribution in [0.2, 0.25) is 0 Å². The third-order valence-electron chi connectivity index (χ3n) is 4.88. The Balaban J connectivity index is 1.87. The minimum absolute atomic E-state index is 0.307. The number of rotatable bonds is 4. The average molecular weight is 421 g/mol. The molecule has 4 rings (SSSR count). The van der Waals surface area contributed by atoms with Gasteiger partial charge in [0, 0.05) is 29.8 Å². The zero-order chi connectivity index (χ0) is 20.6. The highest BCUT2D eigenvalue weighted by Crippen LogP contribution is 2.40. The molecule has 2 aromatic carbocycles. The van der Waals surface area contributed by atoms with Gasteiger partial charge in [0.1, 0.15) is 5.01 Å². The number of sulfone groups is 1. The van der Waals surface area contributed by atoms with Gasteiger partial charge in [-0.1, -0.05) is 24.3 Å². The normalized spacial score (nSPS) is 11.6. The second-order valence-corrected chi connectivity index (χ2v) is 10.0. The molecule has 0 N–H and O–H groups in total. The first-order valence-electron chi connectivity index (χ1n) is 9.12. The number of aryl methyl sites for hydroxylation is 2. The SMILES string of the molecule is Cc1ccc(-c2nc(-c3ccc(S(C)(=O)=O)cc3)sc2-c2ccncc2)cc1C. The average Bonchev–Trinajstić information content (AvgIpc) is 3.16. The van der Waals surface area contributed by atoms with Gasteiger partial charge in [-0.15, -0.1) is 11.3 Å². The molecular weight excluding hydrogens is 400 g/mol. The summed E-state index contributed by atoms with van der Waals surface area (Å²) < 4.78 is 23.5. The molecule has 0 aliphatic carbocycles. The van der Waals surface area contributed by atoms with Crippen LogP contribution >= 0.6 is 11.3 Å². The maximum Gasteiger partial charge on any atom is 0.175 e. The van der Waals surface area contributed by atoms with Crippen LogP contribution in [0.5, 0.6) is 0 Å². The first-order chi connectivity index (χ1) is 13.8. The fourth-order valence-corrected chi connectivity index (χ4v) is 4.80. The summed E-state index contributed by atoms with van der Waals surface area (Å²) in [5.74, 6) is 0. The van der Waals surface area contributed by atoms with Gasteiger partial charge in [0.25, 0.3) is 0 Å². The quantitative estimate of drug-likeness (QED) is 0.434. The highest BCUT2D eigenvalue weighted by molar-refractivity contribution is 7.90. The van der Waals surface area contributed by atoms with Crippen molar-refractivity contribution in [3.63, 3.8) is 0 Å². The van der Waals surface area contributed by atoms with Crippen molar-refractivity contribution in [1.82, 2.24) is 9.97 Å². The van der Waals surface area contributed by atoms with Crippen LogP contribution in [0.3, 0.4) is 0 Å².